The summed E-state index contributed by atoms with van der Waals surface area (Å²) in [6, 6.07) is 4.39. The molecule has 0 saturated carbocycles. The maximum atomic E-state index is 13.2. The highest BCUT2D eigenvalue weighted by Gasteiger charge is 2.18. The lowest BCUT2D eigenvalue weighted by molar-refractivity contribution is 0.101. The highest BCUT2D eigenvalue weighted by molar-refractivity contribution is 14.1. The van der Waals surface area contributed by atoms with Gasteiger partial charge in [0, 0.05) is 3.57 Å². The normalized spacial score (nSPS) is 9.57. The molecular formula is C9H4ClFINO. The fourth-order valence-corrected chi connectivity index (χ4v) is 1.70. The molecule has 0 amide bonds. The number of carbonyl (C=O) groups is 1. The molecule has 0 aliphatic carbocycles. The molecule has 0 aliphatic heterocycles. The lowest BCUT2D eigenvalue weighted by Crippen LogP contribution is -2.08. The second kappa shape index (κ2) is 4.71. The van der Waals surface area contributed by atoms with E-state index in [0.717, 1.165) is 6.07 Å². The quantitative estimate of drug-likeness (QED) is 0.477. The molecule has 0 aromatic heterocycles. The molecule has 0 heterocycles. The highest BCUT2D eigenvalue weighted by atomic mass is 127. The van der Waals surface area contributed by atoms with Gasteiger partial charge in [-0.1, -0.05) is 0 Å². The van der Waals surface area contributed by atoms with E-state index in [1.165, 1.54) is 6.07 Å². The molecule has 0 atom stereocenters. The maximum Gasteiger partial charge on any atom is 0.181 e. The Kier molecular flexibility index (Phi) is 3.84. The number of rotatable bonds is 2. The molecule has 1 aromatic carbocycles. The van der Waals surface area contributed by atoms with Crippen LogP contribution in [0.4, 0.5) is 4.39 Å². The SMILES string of the molecule is N#Cc1c(I)ccc(F)c1C(=O)CCl. The monoisotopic (exact) mass is 323 g/mol. The van der Waals surface area contributed by atoms with Gasteiger partial charge in [0.2, 0.25) is 0 Å². The first-order valence-corrected chi connectivity index (χ1v) is 5.20. The second-order valence-corrected chi connectivity index (χ2v) is 3.88. The molecule has 1 rings (SSSR count). The molecule has 0 saturated heterocycles. The summed E-state index contributed by atoms with van der Waals surface area (Å²) in [5.74, 6) is -1.60. The van der Waals surface area contributed by atoms with Gasteiger partial charge in [-0.25, -0.2) is 4.39 Å². The van der Waals surface area contributed by atoms with Gasteiger partial charge in [-0.2, -0.15) is 5.26 Å². The zero-order valence-corrected chi connectivity index (χ0v) is 9.76. The first kappa shape index (κ1) is 11.4. The number of carbonyl (C=O) groups excluding carboxylic acids is 1. The Hall–Kier alpha value is -0.670. The molecule has 0 bridgehead atoms. The van der Waals surface area contributed by atoms with Crippen molar-refractivity contribution in [3.8, 4) is 6.07 Å². The Morgan fingerprint density at radius 1 is 1.64 bits per heavy atom. The van der Waals surface area contributed by atoms with Crippen LogP contribution in [-0.4, -0.2) is 11.7 Å². The lowest BCUT2D eigenvalue weighted by Gasteiger charge is -2.03. The van der Waals surface area contributed by atoms with Gasteiger partial charge in [0.25, 0.3) is 0 Å². The minimum Gasteiger partial charge on any atom is -0.293 e. The summed E-state index contributed by atoms with van der Waals surface area (Å²) in [5.41, 5.74) is -0.161. The number of nitrogens with zero attached hydrogens (tertiary/aromatic N) is 1. The number of halogens is 3. The molecule has 14 heavy (non-hydrogen) atoms. The Morgan fingerprint density at radius 3 is 2.79 bits per heavy atom. The van der Waals surface area contributed by atoms with Crippen molar-refractivity contribution < 1.29 is 9.18 Å². The van der Waals surface area contributed by atoms with E-state index >= 15 is 0 Å². The number of alkyl halides is 1. The zero-order valence-electron chi connectivity index (χ0n) is 6.85. The predicted octanol–water partition coefficient (Wildman–Crippen LogP) is 2.72. The Morgan fingerprint density at radius 2 is 2.29 bits per heavy atom. The Labute approximate surface area is 98.8 Å². The van der Waals surface area contributed by atoms with Crippen LogP contribution in [0.25, 0.3) is 0 Å². The van der Waals surface area contributed by atoms with Gasteiger partial charge in [0.05, 0.1) is 17.0 Å². The number of ketones is 1. The minimum absolute atomic E-state index is 0.0521. The van der Waals surface area contributed by atoms with Crippen molar-refractivity contribution in [1.29, 1.82) is 5.26 Å². The largest absolute Gasteiger partial charge is 0.293 e. The van der Waals surface area contributed by atoms with E-state index in [0.29, 0.717) is 3.57 Å². The van der Waals surface area contributed by atoms with Crippen molar-refractivity contribution in [1.82, 2.24) is 0 Å². The van der Waals surface area contributed by atoms with Gasteiger partial charge in [-0.05, 0) is 34.7 Å². The zero-order chi connectivity index (χ0) is 10.7. The van der Waals surface area contributed by atoms with Crippen LogP contribution in [0.5, 0.6) is 0 Å². The first-order valence-electron chi connectivity index (χ1n) is 3.59. The summed E-state index contributed by atoms with van der Waals surface area (Å²) in [6.07, 6.45) is 0. The molecule has 1 aromatic rings. The standard InChI is InChI=1S/C9H4ClFINO/c10-3-8(14)9-5(4-13)7(12)2-1-6(9)11/h1-2H,3H2. The van der Waals surface area contributed by atoms with Gasteiger partial charge < -0.3 is 0 Å². The summed E-state index contributed by atoms with van der Waals surface area (Å²) in [6.45, 7) is 0. The van der Waals surface area contributed by atoms with E-state index in [9.17, 15) is 9.18 Å². The molecule has 0 fully saturated rings. The van der Waals surface area contributed by atoms with Crippen molar-refractivity contribution in [2.45, 2.75) is 0 Å². The smallest absolute Gasteiger partial charge is 0.181 e. The third kappa shape index (κ3) is 2.04. The fraction of sp³-hybridized carbons (Fsp3) is 0.111. The van der Waals surface area contributed by atoms with Gasteiger partial charge in [0.1, 0.15) is 11.9 Å². The van der Waals surface area contributed by atoms with E-state index in [1.54, 1.807) is 6.07 Å². The van der Waals surface area contributed by atoms with Crippen molar-refractivity contribution >= 4 is 40.0 Å². The lowest BCUT2D eigenvalue weighted by atomic mass is 10.0. The van der Waals surface area contributed by atoms with Crippen LogP contribution in [-0.2, 0) is 0 Å². The summed E-state index contributed by atoms with van der Waals surface area (Å²) < 4.78 is 13.8. The predicted molar refractivity (Wildman–Crippen MR) is 58.9 cm³/mol. The molecular weight excluding hydrogens is 319 g/mol. The Bertz CT molecular complexity index is 428. The molecule has 0 spiro atoms. The van der Waals surface area contributed by atoms with Crippen LogP contribution in [0.1, 0.15) is 15.9 Å². The first-order chi connectivity index (χ1) is 6.61. The average Bonchev–Trinajstić information content (AvgIpc) is 2.19. The number of hydrogen-bond acceptors (Lipinski definition) is 2. The molecule has 0 aliphatic rings. The van der Waals surface area contributed by atoms with Crippen molar-refractivity contribution in [3.63, 3.8) is 0 Å². The highest BCUT2D eigenvalue weighted by Crippen LogP contribution is 2.20. The van der Waals surface area contributed by atoms with Crippen LogP contribution in [0.2, 0.25) is 0 Å². The van der Waals surface area contributed by atoms with E-state index < -0.39 is 11.6 Å². The van der Waals surface area contributed by atoms with E-state index in [1.807, 2.05) is 22.6 Å². The van der Waals surface area contributed by atoms with Gasteiger partial charge in [-0.3, -0.25) is 4.79 Å². The van der Waals surface area contributed by atoms with Crippen LogP contribution >= 0.6 is 34.2 Å². The van der Waals surface area contributed by atoms with Gasteiger partial charge in [0.15, 0.2) is 5.78 Å². The van der Waals surface area contributed by atoms with Crippen LogP contribution in [0.3, 0.4) is 0 Å². The summed E-state index contributed by atoms with van der Waals surface area (Å²) in [5, 5.41) is 8.75. The molecule has 5 heteroatoms. The molecule has 0 N–H and O–H groups in total. The van der Waals surface area contributed by atoms with Gasteiger partial charge in [-0.15, -0.1) is 11.6 Å². The topological polar surface area (TPSA) is 40.9 Å². The molecule has 0 unspecified atom stereocenters. The second-order valence-electron chi connectivity index (χ2n) is 2.45. The molecule has 2 nitrogen and oxygen atoms in total. The van der Waals surface area contributed by atoms with Crippen molar-refractivity contribution in [2.24, 2.45) is 0 Å². The van der Waals surface area contributed by atoms with Crippen LogP contribution in [0, 0.1) is 20.7 Å². The summed E-state index contributed by atoms with van der Waals surface area (Å²) in [4.78, 5) is 11.2. The number of nitriles is 1. The van der Waals surface area contributed by atoms with E-state index in [-0.39, 0.29) is 17.0 Å². The Balaban J connectivity index is 3.47. The number of hydrogen-bond donors (Lipinski definition) is 0. The number of Topliss-reactive ketones (excluding diaryl/α,β-unsaturated/α-hetero) is 1. The third-order valence-electron chi connectivity index (χ3n) is 1.62. The summed E-state index contributed by atoms with van der Waals surface area (Å²) >= 11 is 7.18. The van der Waals surface area contributed by atoms with E-state index in [2.05, 4.69) is 0 Å². The fourth-order valence-electron chi connectivity index (χ4n) is 1.00. The van der Waals surface area contributed by atoms with Crippen LogP contribution < -0.4 is 0 Å². The minimum atomic E-state index is -0.701. The van der Waals surface area contributed by atoms with Crippen molar-refractivity contribution in [3.05, 3.63) is 32.6 Å². The van der Waals surface area contributed by atoms with E-state index in [4.69, 9.17) is 16.9 Å². The summed E-state index contributed by atoms with van der Waals surface area (Å²) in [7, 11) is 0. The molecule has 72 valence electrons. The average molecular weight is 323 g/mol. The van der Waals surface area contributed by atoms with Crippen molar-refractivity contribution in [2.75, 3.05) is 5.88 Å². The number of benzene rings is 1. The maximum absolute atomic E-state index is 13.2. The van der Waals surface area contributed by atoms with Crippen LogP contribution in [0.15, 0.2) is 12.1 Å². The van der Waals surface area contributed by atoms with Gasteiger partial charge >= 0.3 is 0 Å². The third-order valence-corrected chi connectivity index (χ3v) is 2.76. The molecule has 0 radical (unpaired) electrons.